The van der Waals surface area contributed by atoms with Crippen LogP contribution in [0.3, 0.4) is 0 Å². The van der Waals surface area contributed by atoms with E-state index in [0.717, 1.165) is 0 Å². The van der Waals surface area contributed by atoms with Gasteiger partial charge in [0.1, 0.15) is 17.6 Å². The second kappa shape index (κ2) is 7.30. The number of nitrogens with zero attached hydrogens (tertiary/aromatic N) is 2. The first-order chi connectivity index (χ1) is 14.0. The lowest BCUT2D eigenvalue weighted by Gasteiger charge is -2.23. The first-order valence-electron chi connectivity index (χ1n) is 8.62. The fraction of sp³-hybridized carbons (Fsp3) is 0.0455. The summed E-state index contributed by atoms with van der Waals surface area (Å²) in [4.78, 5) is 27.0. The molecular weight excluding hydrogens is 392 g/mol. The Morgan fingerprint density at radius 3 is 2.48 bits per heavy atom. The first kappa shape index (κ1) is 18.5. The van der Waals surface area contributed by atoms with Crippen molar-refractivity contribution in [2.24, 2.45) is 0 Å². The van der Waals surface area contributed by atoms with Crippen molar-refractivity contribution in [1.29, 1.82) is 5.26 Å². The number of hydrogen-bond donors (Lipinski definition) is 1. The van der Waals surface area contributed by atoms with Gasteiger partial charge in [-0.2, -0.15) is 5.26 Å². The van der Waals surface area contributed by atoms with Crippen LogP contribution >= 0.6 is 11.6 Å². The fourth-order valence-electron chi connectivity index (χ4n) is 3.30. The molecule has 0 aliphatic carbocycles. The van der Waals surface area contributed by atoms with Gasteiger partial charge in [-0.1, -0.05) is 23.7 Å². The highest BCUT2D eigenvalue weighted by atomic mass is 35.5. The maximum atomic E-state index is 12.9. The number of carbonyl (C=O) groups is 2. The largest absolute Gasteiger partial charge is 0.507 e. The van der Waals surface area contributed by atoms with E-state index >= 15 is 0 Å². The van der Waals surface area contributed by atoms with Gasteiger partial charge in [-0.15, -0.1) is 0 Å². The molecule has 1 saturated heterocycles. The van der Waals surface area contributed by atoms with Crippen molar-refractivity contribution in [2.75, 3.05) is 4.90 Å². The third-order valence-electron chi connectivity index (χ3n) is 4.63. The number of rotatable bonds is 3. The van der Waals surface area contributed by atoms with Crippen LogP contribution in [0.25, 0.3) is 5.76 Å². The Morgan fingerprint density at radius 2 is 1.86 bits per heavy atom. The average Bonchev–Trinajstić information content (AvgIpc) is 3.35. The SMILES string of the molecule is N#Cc1ccc(N2C(=O)C(=O)/C(=C(\O)c3cccc(Cl)c3)C2c2ccco2)cc1. The van der Waals surface area contributed by atoms with Gasteiger partial charge in [0.2, 0.25) is 0 Å². The molecule has 1 fully saturated rings. The van der Waals surface area contributed by atoms with Crippen LogP contribution in [0, 0.1) is 11.3 Å². The average molecular weight is 405 g/mol. The Bertz CT molecular complexity index is 1170. The summed E-state index contributed by atoms with van der Waals surface area (Å²) in [5.41, 5.74) is 1.03. The molecule has 1 aromatic heterocycles. The van der Waals surface area contributed by atoms with Crippen LogP contribution in [0.4, 0.5) is 5.69 Å². The van der Waals surface area contributed by atoms with Gasteiger partial charge in [0.05, 0.1) is 23.5 Å². The van der Waals surface area contributed by atoms with E-state index in [1.807, 2.05) is 6.07 Å². The molecule has 1 N–H and O–H groups in total. The molecule has 7 heteroatoms. The van der Waals surface area contributed by atoms with Gasteiger partial charge in [0.25, 0.3) is 11.7 Å². The van der Waals surface area contributed by atoms with Crippen molar-refractivity contribution in [3.05, 3.63) is 94.4 Å². The molecule has 1 aliphatic rings. The molecule has 29 heavy (non-hydrogen) atoms. The van der Waals surface area contributed by atoms with Crippen molar-refractivity contribution >= 4 is 34.7 Å². The zero-order chi connectivity index (χ0) is 20.5. The topological polar surface area (TPSA) is 94.5 Å². The molecule has 1 aliphatic heterocycles. The van der Waals surface area contributed by atoms with E-state index < -0.39 is 17.7 Å². The lowest BCUT2D eigenvalue weighted by Crippen LogP contribution is -2.29. The number of aliphatic hydroxyl groups is 1. The normalized spacial score (nSPS) is 18.1. The van der Waals surface area contributed by atoms with E-state index in [9.17, 15) is 14.7 Å². The molecule has 6 nitrogen and oxygen atoms in total. The van der Waals surface area contributed by atoms with E-state index in [0.29, 0.717) is 27.6 Å². The summed E-state index contributed by atoms with van der Waals surface area (Å²) >= 11 is 6.01. The summed E-state index contributed by atoms with van der Waals surface area (Å²) in [5.74, 6) is -1.67. The van der Waals surface area contributed by atoms with Crippen molar-refractivity contribution in [3.8, 4) is 6.07 Å². The number of carbonyl (C=O) groups excluding carboxylic acids is 2. The number of furan rings is 1. The zero-order valence-electron chi connectivity index (χ0n) is 14.9. The molecule has 4 rings (SSSR count). The third-order valence-corrected chi connectivity index (χ3v) is 4.86. The Morgan fingerprint density at radius 1 is 1.10 bits per heavy atom. The smallest absolute Gasteiger partial charge is 0.300 e. The van der Waals surface area contributed by atoms with Crippen molar-refractivity contribution < 1.29 is 19.1 Å². The van der Waals surface area contributed by atoms with Crippen molar-refractivity contribution in [2.45, 2.75) is 6.04 Å². The summed E-state index contributed by atoms with van der Waals surface area (Å²) < 4.78 is 5.48. The lowest BCUT2D eigenvalue weighted by molar-refractivity contribution is -0.132. The number of nitriles is 1. The van der Waals surface area contributed by atoms with Gasteiger partial charge in [0, 0.05) is 16.3 Å². The standard InChI is InChI=1S/C22H13ClN2O4/c23-15-4-1-3-14(11-15)20(26)18-19(17-5-2-10-29-17)25(22(28)21(18)27)16-8-6-13(12-24)7-9-16/h1-11,19,26H/b20-18-. The van der Waals surface area contributed by atoms with E-state index in [1.54, 1.807) is 54.6 Å². The molecule has 0 spiro atoms. The Balaban J connectivity index is 1.91. The maximum Gasteiger partial charge on any atom is 0.300 e. The highest BCUT2D eigenvalue weighted by Gasteiger charge is 2.48. The van der Waals surface area contributed by atoms with Crippen molar-refractivity contribution in [1.82, 2.24) is 0 Å². The summed E-state index contributed by atoms with van der Waals surface area (Å²) in [6.45, 7) is 0. The minimum atomic E-state index is -0.961. The number of amides is 1. The van der Waals surface area contributed by atoms with E-state index in [4.69, 9.17) is 21.3 Å². The molecule has 3 aromatic rings. The number of hydrogen-bond acceptors (Lipinski definition) is 5. The summed E-state index contributed by atoms with van der Waals surface area (Å²) in [5, 5.41) is 20.3. The summed E-state index contributed by atoms with van der Waals surface area (Å²) in [7, 11) is 0. The van der Waals surface area contributed by atoms with Crippen molar-refractivity contribution in [3.63, 3.8) is 0 Å². The highest BCUT2D eigenvalue weighted by Crippen LogP contribution is 2.42. The summed E-state index contributed by atoms with van der Waals surface area (Å²) in [6.07, 6.45) is 1.42. The second-order valence-corrected chi connectivity index (χ2v) is 6.79. The monoisotopic (exact) mass is 404 g/mol. The molecule has 2 aromatic carbocycles. The van der Waals surface area contributed by atoms with E-state index in [1.165, 1.54) is 17.2 Å². The first-order valence-corrected chi connectivity index (χ1v) is 8.99. The Kier molecular flexibility index (Phi) is 4.67. The predicted octanol–water partition coefficient (Wildman–Crippen LogP) is 4.43. The lowest BCUT2D eigenvalue weighted by atomic mass is 9.99. The van der Waals surface area contributed by atoms with Crippen LogP contribution in [-0.4, -0.2) is 16.8 Å². The van der Waals surface area contributed by atoms with Crippen LogP contribution in [0.2, 0.25) is 5.02 Å². The molecule has 0 radical (unpaired) electrons. The Labute approximate surface area is 170 Å². The van der Waals surface area contributed by atoms with E-state index in [2.05, 4.69) is 0 Å². The van der Waals surface area contributed by atoms with Gasteiger partial charge in [-0.25, -0.2) is 0 Å². The van der Waals surface area contributed by atoms with Gasteiger partial charge >= 0.3 is 0 Å². The number of halogens is 1. The number of benzene rings is 2. The highest BCUT2D eigenvalue weighted by molar-refractivity contribution is 6.51. The van der Waals surface area contributed by atoms with Crippen LogP contribution < -0.4 is 4.90 Å². The molecule has 1 unspecified atom stereocenters. The fourth-order valence-corrected chi connectivity index (χ4v) is 3.49. The van der Waals surface area contributed by atoms with Gasteiger partial charge < -0.3 is 9.52 Å². The van der Waals surface area contributed by atoms with Crippen LogP contribution in [0.5, 0.6) is 0 Å². The molecular formula is C22H13ClN2O4. The Hall–Kier alpha value is -3.82. The second-order valence-electron chi connectivity index (χ2n) is 6.35. The van der Waals surface area contributed by atoms with E-state index in [-0.39, 0.29) is 11.3 Å². The number of ketones is 1. The number of Topliss-reactive ketones (excluding diaryl/α,β-unsaturated/α-hetero) is 1. The van der Waals surface area contributed by atoms with Gasteiger partial charge in [-0.3, -0.25) is 14.5 Å². The minimum absolute atomic E-state index is 0.100. The van der Waals surface area contributed by atoms with Gasteiger partial charge in [0.15, 0.2) is 0 Å². The molecule has 2 heterocycles. The van der Waals surface area contributed by atoms with Crippen LogP contribution in [-0.2, 0) is 9.59 Å². The third kappa shape index (κ3) is 3.18. The molecule has 142 valence electrons. The number of anilines is 1. The van der Waals surface area contributed by atoms with Gasteiger partial charge in [-0.05, 0) is 48.5 Å². The molecule has 1 atom stereocenters. The molecule has 0 saturated carbocycles. The van der Waals surface area contributed by atoms with Crippen LogP contribution in [0.15, 0.2) is 76.9 Å². The predicted molar refractivity (Wildman–Crippen MR) is 106 cm³/mol. The summed E-state index contributed by atoms with van der Waals surface area (Å²) in [6, 6.07) is 16.9. The van der Waals surface area contributed by atoms with Crippen LogP contribution in [0.1, 0.15) is 22.9 Å². The molecule has 0 bridgehead atoms. The maximum absolute atomic E-state index is 12.9. The zero-order valence-corrected chi connectivity index (χ0v) is 15.6. The number of aliphatic hydroxyl groups excluding tert-OH is 1. The quantitative estimate of drug-likeness (QED) is 0.396. The minimum Gasteiger partial charge on any atom is -0.507 e. The molecule has 1 amide bonds.